The number of aromatic amines is 1. The number of carbonyl (C=O) groups is 1. The van der Waals surface area contributed by atoms with Gasteiger partial charge in [0, 0.05) is 41.6 Å². The summed E-state index contributed by atoms with van der Waals surface area (Å²) in [5, 5.41) is 6.11. The van der Waals surface area contributed by atoms with Gasteiger partial charge in [0.25, 0.3) is 5.91 Å². The average molecular weight is 489 g/mol. The molecule has 0 spiro atoms. The second-order valence-corrected chi connectivity index (χ2v) is 9.37. The van der Waals surface area contributed by atoms with Crippen molar-refractivity contribution < 1.29 is 13.6 Å². The first-order valence-electron chi connectivity index (χ1n) is 11.4. The second kappa shape index (κ2) is 10.7. The Morgan fingerprint density at radius 1 is 1.09 bits per heavy atom. The van der Waals surface area contributed by atoms with Crippen LogP contribution < -0.4 is 5.32 Å². The van der Waals surface area contributed by atoms with E-state index in [1.165, 1.54) is 34.2 Å². The van der Waals surface area contributed by atoms with Gasteiger partial charge in [-0.05, 0) is 47.2 Å². The summed E-state index contributed by atoms with van der Waals surface area (Å²) in [4.78, 5) is 23.8. The van der Waals surface area contributed by atoms with E-state index in [-0.39, 0.29) is 24.0 Å². The molecule has 35 heavy (non-hydrogen) atoms. The Hall–Kier alpha value is -3.75. The molecular formula is C27H25FN4O2S. The zero-order valence-electron chi connectivity index (χ0n) is 19.0. The molecule has 0 atom stereocenters. The summed E-state index contributed by atoms with van der Waals surface area (Å²) >= 11 is 1.72. The van der Waals surface area contributed by atoms with Gasteiger partial charge in [0.1, 0.15) is 12.1 Å². The fourth-order valence-corrected chi connectivity index (χ4v) is 4.75. The number of thiophene rings is 1. The summed E-state index contributed by atoms with van der Waals surface area (Å²) in [6, 6.07) is 18.5. The predicted octanol–water partition coefficient (Wildman–Crippen LogP) is 5.53. The van der Waals surface area contributed by atoms with E-state index >= 15 is 0 Å². The number of amides is 1. The fourth-order valence-electron chi connectivity index (χ4n) is 4.01. The molecule has 0 saturated heterocycles. The van der Waals surface area contributed by atoms with Crippen molar-refractivity contribution in [2.75, 3.05) is 6.54 Å². The van der Waals surface area contributed by atoms with Crippen LogP contribution in [-0.4, -0.2) is 27.3 Å². The summed E-state index contributed by atoms with van der Waals surface area (Å²) in [5.41, 5.74) is 3.44. The van der Waals surface area contributed by atoms with Crippen molar-refractivity contribution in [3.05, 3.63) is 112 Å². The molecule has 0 aliphatic carbocycles. The van der Waals surface area contributed by atoms with Crippen LogP contribution >= 0.6 is 11.3 Å². The number of rotatable bonds is 10. The molecule has 3 heterocycles. The van der Waals surface area contributed by atoms with Gasteiger partial charge in [0.2, 0.25) is 5.89 Å². The molecule has 0 aliphatic heterocycles. The molecule has 2 N–H and O–H groups in total. The zero-order valence-corrected chi connectivity index (χ0v) is 19.9. The van der Waals surface area contributed by atoms with Crippen molar-refractivity contribution in [3.63, 3.8) is 0 Å². The Bertz CT molecular complexity index is 1390. The minimum Gasteiger partial charge on any atom is -0.447 e. The molecule has 0 unspecified atom stereocenters. The van der Waals surface area contributed by atoms with E-state index < -0.39 is 0 Å². The fraction of sp³-hybridized carbons (Fsp3) is 0.185. The number of nitrogens with zero attached hydrogens (tertiary/aromatic N) is 2. The third kappa shape index (κ3) is 5.85. The van der Waals surface area contributed by atoms with E-state index in [1.54, 1.807) is 23.5 Å². The lowest BCUT2D eigenvalue weighted by atomic mass is 10.1. The van der Waals surface area contributed by atoms with Crippen molar-refractivity contribution in [2.45, 2.75) is 26.1 Å². The molecule has 5 aromatic rings. The molecule has 0 fully saturated rings. The molecule has 178 valence electrons. The lowest BCUT2D eigenvalue weighted by Gasteiger charge is -2.20. The van der Waals surface area contributed by atoms with Gasteiger partial charge >= 0.3 is 0 Å². The normalized spacial score (nSPS) is 11.4. The summed E-state index contributed by atoms with van der Waals surface area (Å²) < 4.78 is 18.7. The first-order chi connectivity index (χ1) is 17.1. The van der Waals surface area contributed by atoms with E-state index in [4.69, 9.17) is 4.42 Å². The highest BCUT2D eigenvalue weighted by Gasteiger charge is 2.16. The van der Waals surface area contributed by atoms with Crippen LogP contribution in [0.25, 0.3) is 10.9 Å². The zero-order chi connectivity index (χ0) is 24.0. The maximum absolute atomic E-state index is 13.1. The summed E-state index contributed by atoms with van der Waals surface area (Å²) in [5.74, 6) is -0.140. The quantitative estimate of drug-likeness (QED) is 0.271. The summed E-state index contributed by atoms with van der Waals surface area (Å²) in [6.45, 7) is 2.37. The van der Waals surface area contributed by atoms with Crippen LogP contribution in [0, 0.1) is 5.82 Å². The summed E-state index contributed by atoms with van der Waals surface area (Å²) in [6.07, 6.45) is 4.34. The van der Waals surface area contributed by atoms with Gasteiger partial charge in [-0.1, -0.05) is 36.4 Å². The number of fused-ring (bicyclic) bond motifs is 1. The molecule has 2 aromatic carbocycles. The number of nitrogens with one attached hydrogen (secondary N) is 2. The molecule has 0 aliphatic rings. The monoisotopic (exact) mass is 488 g/mol. The Kier molecular flexibility index (Phi) is 7.02. The van der Waals surface area contributed by atoms with E-state index in [0.29, 0.717) is 12.4 Å². The van der Waals surface area contributed by atoms with Crippen LogP contribution in [0.15, 0.2) is 82.9 Å². The SMILES string of the molecule is O=C(NCc1ccc(F)cc1)c1coc(CN(CCc2c[nH]c3ccccc23)Cc2cccs2)n1. The number of benzene rings is 2. The Balaban J connectivity index is 1.23. The van der Waals surface area contributed by atoms with Crippen LogP contribution in [0.1, 0.15) is 32.4 Å². The molecule has 1 amide bonds. The molecule has 6 nitrogen and oxygen atoms in total. The number of carbonyl (C=O) groups excluding carboxylic acids is 1. The van der Waals surface area contributed by atoms with Crippen LogP contribution in [0.3, 0.4) is 0 Å². The second-order valence-electron chi connectivity index (χ2n) is 8.34. The third-order valence-electron chi connectivity index (χ3n) is 5.84. The highest BCUT2D eigenvalue weighted by molar-refractivity contribution is 7.09. The standard InChI is InChI=1S/C27H25FN4O2S/c28-21-9-7-19(8-10-21)14-30-27(33)25-18-34-26(31-25)17-32(16-22-4-3-13-35-22)12-11-20-15-29-24-6-2-1-5-23(20)24/h1-10,13,15,18,29H,11-12,14,16-17H2,(H,30,33). The van der Waals surface area contributed by atoms with Gasteiger partial charge in [-0.3, -0.25) is 9.69 Å². The number of oxazole rings is 1. The van der Waals surface area contributed by atoms with Crippen molar-refractivity contribution >= 4 is 28.1 Å². The molecule has 0 bridgehead atoms. The highest BCUT2D eigenvalue weighted by atomic mass is 32.1. The number of halogens is 1. The van der Waals surface area contributed by atoms with Crippen molar-refractivity contribution in [1.29, 1.82) is 0 Å². The van der Waals surface area contributed by atoms with Crippen LogP contribution in [0.2, 0.25) is 0 Å². The van der Waals surface area contributed by atoms with Crippen molar-refractivity contribution in [1.82, 2.24) is 20.2 Å². The molecule has 8 heteroatoms. The number of para-hydroxylation sites is 1. The molecule has 0 saturated carbocycles. The molecule has 5 rings (SSSR count). The lowest BCUT2D eigenvalue weighted by Crippen LogP contribution is -2.26. The predicted molar refractivity (Wildman–Crippen MR) is 135 cm³/mol. The van der Waals surface area contributed by atoms with Gasteiger partial charge in [-0.2, -0.15) is 0 Å². The van der Waals surface area contributed by atoms with Gasteiger partial charge in [0.15, 0.2) is 5.69 Å². The third-order valence-corrected chi connectivity index (χ3v) is 6.70. The van der Waals surface area contributed by atoms with Crippen molar-refractivity contribution in [2.24, 2.45) is 0 Å². The largest absolute Gasteiger partial charge is 0.447 e. The number of H-pyrrole nitrogens is 1. The molecule has 0 radical (unpaired) electrons. The van der Waals surface area contributed by atoms with Gasteiger partial charge < -0.3 is 14.7 Å². The lowest BCUT2D eigenvalue weighted by molar-refractivity contribution is 0.0945. The van der Waals surface area contributed by atoms with Crippen LogP contribution in [0.5, 0.6) is 0 Å². The minimum absolute atomic E-state index is 0.231. The Morgan fingerprint density at radius 3 is 2.77 bits per heavy atom. The Labute approximate surface area is 206 Å². The van der Waals surface area contributed by atoms with E-state index in [1.807, 2.05) is 12.1 Å². The van der Waals surface area contributed by atoms with E-state index in [9.17, 15) is 9.18 Å². The van der Waals surface area contributed by atoms with Crippen molar-refractivity contribution in [3.8, 4) is 0 Å². The highest BCUT2D eigenvalue weighted by Crippen LogP contribution is 2.20. The number of aromatic nitrogens is 2. The van der Waals surface area contributed by atoms with E-state index in [0.717, 1.165) is 30.6 Å². The maximum Gasteiger partial charge on any atom is 0.273 e. The first-order valence-corrected chi connectivity index (χ1v) is 12.3. The Morgan fingerprint density at radius 2 is 1.94 bits per heavy atom. The number of hydrogen-bond acceptors (Lipinski definition) is 5. The van der Waals surface area contributed by atoms with Gasteiger partial charge in [0.05, 0.1) is 6.54 Å². The van der Waals surface area contributed by atoms with Gasteiger partial charge in [-0.15, -0.1) is 11.3 Å². The first kappa shape index (κ1) is 23.0. The number of hydrogen-bond donors (Lipinski definition) is 2. The minimum atomic E-state index is -0.326. The molecule has 3 aromatic heterocycles. The molecular weight excluding hydrogens is 463 g/mol. The van der Waals surface area contributed by atoms with Crippen LogP contribution in [0.4, 0.5) is 4.39 Å². The van der Waals surface area contributed by atoms with E-state index in [2.05, 4.69) is 56.0 Å². The summed E-state index contributed by atoms with van der Waals surface area (Å²) in [7, 11) is 0. The smallest absolute Gasteiger partial charge is 0.273 e. The topological polar surface area (TPSA) is 74.2 Å². The maximum atomic E-state index is 13.1. The van der Waals surface area contributed by atoms with Crippen LogP contribution in [-0.2, 0) is 26.1 Å². The van der Waals surface area contributed by atoms with Gasteiger partial charge in [-0.25, -0.2) is 9.37 Å². The average Bonchev–Trinajstić information content (AvgIpc) is 3.64.